The molecule has 3 aromatic rings. The number of halogens is 4. The number of benzene rings is 3. The van der Waals surface area contributed by atoms with Crippen LogP contribution in [0.25, 0.3) is 0 Å². The summed E-state index contributed by atoms with van der Waals surface area (Å²) in [5.41, 5.74) is 0.499. The molecule has 0 heterocycles. The van der Waals surface area contributed by atoms with Gasteiger partial charge in [-0.2, -0.15) is 13.2 Å². The van der Waals surface area contributed by atoms with Crippen molar-refractivity contribution in [1.82, 2.24) is 10.2 Å². The lowest BCUT2D eigenvalue weighted by Crippen LogP contribution is -2.52. The number of hydrogen-bond acceptors (Lipinski definition) is 4. The van der Waals surface area contributed by atoms with Crippen molar-refractivity contribution in [2.45, 2.75) is 69.8 Å². The summed E-state index contributed by atoms with van der Waals surface area (Å²) in [6.07, 6.45) is 0.169. The van der Waals surface area contributed by atoms with Crippen molar-refractivity contribution in [2.24, 2.45) is 0 Å². The lowest BCUT2D eigenvalue weighted by Gasteiger charge is -2.33. The molecule has 1 aliphatic rings. The number of anilines is 1. The lowest BCUT2D eigenvalue weighted by atomic mass is 10.0. The van der Waals surface area contributed by atoms with Gasteiger partial charge in [-0.3, -0.25) is 13.9 Å². The van der Waals surface area contributed by atoms with Crippen molar-refractivity contribution in [3.05, 3.63) is 101 Å². The Morgan fingerprint density at radius 1 is 0.956 bits per heavy atom. The first-order valence-corrected chi connectivity index (χ1v) is 17.1. The second-order valence-corrected chi connectivity index (χ2v) is 13.7. The van der Waals surface area contributed by atoms with E-state index in [-0.39, 0.29) is 55.9 Å². The van der Waals surface area contributed by atoms with Gasteiger partial charge in [0.05, 0.1) is 17.5 Å². The van der Waals surface area contributed by atoms with Crippen molar-refractivity contribution >= 4 is 39.1 Å². The topological polar surface area (TPSA) is 86.8 Å². The average molecular weight is 664 g/mol. The van der Waals surface area contributed by atoms with Crippen LogP contribution in [-0.4, -0.2) is 50.0 Å². The van der Waals surface area contributed by atoms with Crippen LogP contribution in [0.5, 0.6) is 0 Å². The maximum atomic E-state index is 13.9. The fourth-order valence-corrected chi connectivity index (χ4v) is 6.63. The molecule has 0 bridgehead atoms. The van der Waals surface area contributed by atoms with Crippen LogP contribution >= 0.6 is 11.6 Å². The van der Waals surface area contributed by atoms with Crippen molar-refractivity contribution in [3.63, 3.8) is 0 Å². The highest BCUT2D eigenvalue weighted by molar-refractivity contribution is 7.92. The number of sulfonamides is 1. The first kappa shape index (κ1) is 34.3. The smallest absolute Gasteiger partial charge is 0.352 e. The zero-order valence-electron chi connectivity index (χ0n) is 25.0. The van der Waals surface area contributed by atoms with Gasteiger partial charge in [0.15, 0.2) is 0 Å². The van der Waals surface area contributed by atoms with Crippen LogP contribution in [0.15, 0.2) is 78.9 Å². The second-order valence-electron chi connectivity index (χ2n) is 11.3. The van der Waals surface area contributed by atoms with E-state index >= 15 is 0 Å². The van der Waals surface area contributed by atoms with Crippen LogP contribution in [0.4, 0.5) is 18.9 Å². The number of nitrogens with zero attached hydrogens (tertiary/aromatic N) is 2. The van der Waals surface area contributed by atoms with Gasteiger partial charge < -0.3 is 10.2 Å². The highest BCUT2D eigenvalue weighted by Gasteiger charge is 2.33. The Bertz CT molecular complexity index is 1550. The normalized spacial score (nSPS) is 14.6. The summed E-state index contributed by atoms with van der Waals surface area (Å²) in [4.78, 5) is 29.3. The Morgan fingerprint density at radius 3 is 2.24 bits per heavy atom. The number of carbonyl (C=O) groups excluding carboxylic acids is 2. The van der Waals surface area contributed by atoms with E-state index in [2.05, 4.69) is 5.32 Å². The van der Waals surface area contributed by atoms with E-state index in [4.69, 9.17) is 11.6 Å². The molecule has 1 saturated carbocycles. The zero-order valence-corrected chi connectivity index (χ0v) is 26.5. The Labute approximate surface area is 267 Å². The van der Waals surface area contributed by atoms with Crippen molar-refractivity contribution < 1.29 is 31.2 Å². The largest absolute Gasteiger partial charge is 0.416 e. The van der Waals surface area contributed by atoms with Gasteiger partial charge in [-0.05, 0) is 60.7 Å². The molecule has 0 aliphatic heterocycles. The van der Waals surface area contributed by atoms with Crippen molar-refractivity contribution in [3.8, 4) is 0 Å². The standard InChI is InChI=1S/C33H37ClF3N3O4S/c1-45(43,44)40(29-14-7-11-26(22-29)33(35,36)37)20-8-15-31(41)39(23-25-16-18-27(34)19-17-25)30(21-24-9-3-2-4-10-24)32(42)38-28-12-5-6-13-28/h2-4,7,9-11,14,16-19,22,28,30H,5-6,8,12-13,15,20-21,23H2,1H3,(H,38,42)/t30-/m1/s1. The fourth-order valence-electron chi connectivity index (χ4n) is 5.55. The number of nitrogens with one attached hydrogen (secondary N) is 1. The summed E-state index contributed by atoms with van der Waals surface area (Å²) in [6, 6.07) is 19.6. The van der Waals surface area contributed by atoms with E-state index < -0.39 is 27.8 Å². The summed E-state index contributed by atoms with van der Waals surface area (Å²) in [5, 5.41) is 3.65. The third kappa shape index (κ3) is 9.96. The van der Waals surface area contributed by atoms with Gasteiger partial charge in [0.1, 0.15) is 6.04 Å². The Kier molecular flexibility index (Phi) is 11.5. The molecule has 242 valence electrons. The predicted octanol–water partition coefficient (Wildman–Crippen LogP) is 6.60. The minimum Gasteiger partial charge on any atom is -0.352 e. The maximum Gasteiger partial charge on any atom is 0.416 e. The van der Waals surface area contributed by atoms with Crippen LogP contribution < -0.4 is 9.62 Å². The van der Waals surface area contributed by atoms with Crippen LogP contribution in [-0.2, 0) is 38.8 Å². The Balaban J connectivity index is 1.59. The van der Waals surface area contributed by atoms with E-state index in [1.165, 1.54) is 11.0 Å². The summed E-state index contributed by atoms with van der Waals surface area (Å²) in [5.74, 6) is -0.653. The zero-order chi connectivity index (χ0) is 32.6. The third-order valence-electron chi connectivity index (χ3n) is 7.85. The number of alkyl halides is 3. The Hall–Kier alpha value is -3.57. The minimum atomic E-state index is -4.65. The number of amides is 2. The fraction of sp³-hybridized carbons (Fsp3) is 0.394. The molecule has 0 aromatic heterocycles. The molecule has 1 aliphatic carbocycles. The van der Waals surface area contributed by atoms with Gasteiger partial charge in [-0.1, -0.05) is 73.0 Å². The third-order valence-corrected chi connectivity index (χ3v) is 9.30. The van der Waals surface area contributed by atoms with Crippen molar-refractivity contribution in [2.75, 3.05) is 17.1 Å². The highest BCUT2D eigenvalue weighted by atomic mass is 35.5. The van der Waals surface area contributed by atoms with Crippen LogP contribution in [0.3, 0.4) is 0 Å². The molecule has 7 nitrogen and oxygen atoms in total. The summed E-state index contributed by atoms with van der Waals surface area (Å²) in [6.45, 7) is -0.118. The predicted molar refractivity (Wildman–Crippen MR) is 169 cm³/mol. The van der Waals surface area contributed by atoms with Crippen LogP contribution in [0.2, 0.25) is 5.02 Å². The first-order valence-electron chi connectivity index (χ1n) is 14.8. The average Bonchev–Trinajstić information content (AvgIpc) is 3.50. The molecule has 1 atom stereocenters. The van der Waals surface area contributed by atoms with Gasteiger partial charge in [0.2, 0.25) is 21.8 Å². The maximum absolute atomic E-state index is 13.9. The summed E-state index contributed by atoms with van der Waals surface area (Å²) < 4.78 is 66.1. The summed E-state index contributed by atoms with van der Waals surface area (Å²) in [7, 11) is -3.97. The first-order chi connectivity index (χ1) is 21.3. The van der Waals surface area contributed by atoms with Gasteiger partial charge in [-0.15, -0.1) is 0 Å². The van der Waals surface area contributed by atoms with Crippen LogP contribution in [0, 0.1) is 0 Å². The van der Waals surface area contributed by atoms with Gasteiger partial charge in [0.25, 0.3) is 0 Å². The molecule has 1 N–H and O–H groups in total. The SMILES string of the molecule is CS(=O)(=O)N(CCCC(=O)N(Cc1ccc(Cl)cc1)[C@H](Cc1ccccc1)C(=O)NC1CCCC1)c1cccc(C(F)(F)F)c1. The van der Waals surface area contributed by atoms with E-state index in [1.807, 2.05) is 30.3 Å². The molecule has 12 heteroatoms. The molecule has 0 unspecified atom stereocenters. The molecule has 1 fully saturated rings. The molecule has 0 radical (unpaired) electrons. The highest BCUT2D eigenvalue weighted by Crippen LogP contribution is 2.32. The van der Waals surface area contributed by atoms with Gasteiger partial charge >= 0.3 is 6.18 Å². The quantitative estimate of drug-likeness (QED) is 0.223. The molecule has 4 rings (SSSR count). The van der Waals surface area contributed by atoms with Crippen LogP contribution in [0.1, 0.15) is 55.2 Å². The number of carbonyl (C=O) groups is 2. The van der Waals surface area contributed by atoms with E-state index in [0.29, 0.717) is 5.02 Å². The molecular weight excluding hydrogens is 627 g/mol. The summed E-state index contributed by atoms with van der Waals surface area (Å²) >= 11 is 6.09. The molecule has 0 saturated heterocycles. The molecule has 3 aromatic carbocycles. The van der Waals surface area contributed by atoms with E-state index in [0.717, 1.165) is 65.6 Å². The number of hydrogen-bond donors (Lipinski definition) is 1. The van der Waals surface area contributed by atoms with Gasteiger partial charge in [0, 0.05) is 37.0 Å². The molecular formula is C33H37ClF3N3O4S. The molecule has 2 amide bonds. The minimum absolute atomic E-state index is 0.0154. The lowest BCUT2D eigenvalue weighted by molar-refractivity contribution is -0.141. The second kappa shape index (κ2) is 15.1. The van der Waals surface area contributed by atoms with E-state index in [9.17, 15) is 31.2 Å². The van der Waals surface area contributed by atoms with Crippen molar-refractivity contribution in [1.29, 1.82) is 0 Å². The molecule has 0 spiro atoms. The molecule has 45 heavy (non-hydrogen) atoms. The number of rotatable bonds is 13. The Morgan fingerprint density at radius 2 is 1.62 bits per heavy atom. The van der Waals surface area contributed by atoms with Gasteiger partial charge in [-0.25, -0.2) is 8.42 Å². The monoisotopic (exact) mass is 663 g/mol. The van der Waals surface area contributed by atoms with E-state index in [1.54, 1.807) is 24.3 Å².